The summed E-state index contributed by atoms with van der Waals surface area (Å²) in [6.45, 7) is 1.78. The Morgan fingerprint density at radius 3 is 2.50 bits per heavy atom. The van der Waals surface area contributed by atoms with E-state index in [-0.39, 0.29) is 0 Å². The van der Waals surface area contributed by atoms with E-state index in [1.54, 1.807) is 7.11 Å². The first-order valence-corrected chi connectivity index (χ1v) is 7.28. The number of benzene rings is 1. The molecule has 2 rings (SSSR count). The van der Waals surface area contributed by atoms with Crippen molar-refractivity contribution in [2.24, 2.45) is 0 Å². The zero-order valence-electron chi connectivity index (χ0n) is 13.2. The highest BCUT2D eigenvalue weighted by Crippen LogP contribution is 2.20. The van der Waals surface area contributed by atoms with Gasteiger partial charge in [-0.2, -0.15) is 5.26 Å². The summed E-state index contributed by atoms with van der Waals surface area (Å²) < 4.78 is 5.17. The lowest BCUT2D eigenvalue weighted by Gasteiger charge is -2.07. The van der Waals surface area contributed by atoms with Gasteiger partial charge in [0.15, 0.2) is 0 Å². The molecule has 0 bridgehead atoms. The summed E-state index contributed by atoms with van der Waals surface area (Å²) in [6, 6.07) is 13.8. The molecule has 0 spiro atoms. The largest absolute Gasteiger partial charge is 0.497 e. The molecule has 2 aromatic rings. The van der Waals surface area contributed by atoms with Gasteiger partial charge in [0.1, 0.15) is 36.2 Å². The molecule has 22 heavy (non-hydrogen) atoms. The number of H-pyrrole nitrogens is 1. The molecule has 0 aliphatic rings. The summed E-state index contributed by atoms with van der Waals surface area (Å²) in [5.74, 6) is 1.58. The molecule has 5 nitrogen and oxygen atoms in total. The van der Waals surface area contributed by atoms with Crippen LogP contribution in [0.4, 0.5) is 5.82 Å². The second-order valence-electron chi connectivity index (χ2n) is 5.38. The fraction of sp³-hybridized carbons (Fsp3) is 0.294. The molecular formula is C17H22N4O+2. The van der Waals surface area contributed by atoms with Crippen molar-refractivity contribution in [2.45, 2.75) is 0 Å². The van der Waals surface area contributed by atoms with Crippen LogP contribution in [0.25, 0.3) is 11.3 Å². The summed E-state index contributed by atoms with van der Waals surface area (Å²) in [6.07, 6.45) is 0. The highest BCUT2D eigenvalue weighted by atomic mass is 16.5. The predicted octanol–water partition coefficient (Wildman–Crippen LogP) is 0.604. The third-order valence-electron chi connectivity index (χ3n) is 3.39. The molecule has 0 aliphatic heterocycles. The Bertz CT molecular complexity index is 659. The highest BCUT2D eigenvalue weighted by molar-refractivity contribution is 5.60. The quantitative estimate of drug-likeness (QED) is 0.821. The van der Waals surface area contributed by atoms with Gasteiger partial charge in [0.25, 0.3) is 5.82 Å². The molecule has 0 fully saturated rings. The second-order valence-corrected chi connectivity index (χ2v) is 5.38. The molecule has 3 N–H and O–H groups in total. The van der Waals surface area contributed by atoms with Crippen LogP contribution in [0.2, 0.25) is 0 Å². The van der Waals surface area contributed by atoms with Crippen LogP contribution in [-0.2, 0) is 0 Å². The maximum Gasteiger partial charge on any atom is 0.291 e. The summed E-state index contributed by atoms with van der Waals surface area (Å²) >= 11 is 0. The van der Waals surface area contributed by atoms with E-state index < -0.39 is 0 Å². The maximum atomic E-state index is 9.22. The summed E-state index contributed by atoms with van der Waals surface area (Å²) in [7, 11) is 5.85. The highest BCUT2D eigenvalue weighted by Gasteiger charge is 2.13. The number of anilines is 1. The number of pyridine rings is 1. The summed E-state index contributed by atoms with van der Waals surface area (Å²) in [4.78, 5) is 4.67. The van der Waals surface area contributed by atoms with Crippen molar-refractivity contribution in [3.05, 3.63) is 42.0 Å². The Balaban J connectivity index is 2.23. The molecule has 1 heterocycles. The number of hydrogen-bond donors (Lipinski definition) is 2. The SMILES string of the molecule is COc1ccc(-c2ccc(C#N)c(NCC[NH+](C)C)[nH+]2)cc1. The molecule has 0 aliphatic carbocycles. The monoisotopic (exact) mass is 298 g/mol. The van der Waals surface area contributed by atoms with Crippen LogP contribution in [0, 0.1) is 11.3 Å². The van der Waals surface area contributed by atoms with Gasteiger partial charge in [0.2, 0.25) is 0 Å². The van der Waals surface area contributed by atoms with E-state index in [0.29, 0.717) is 5.56 Å². The van der Waals surface area contributed by atoms with Crippen LogP contribution in [0.5, 0.6) is 5.75 Å². The van der Waals surface area contributed by atoms with Crippen LogP contribution in [0.1, 0.15) is 5.56 Å². The minimum Gasteiger partial charge on any atom is -0.497 e. The van der Waals surface area contributed by atoms with Crippen LogP contribution < -0.4 is 19.9 Å². The Morgan fingerprint density at radius 2 is 1.91 bits per heavy atom. The first-order chi connectivity index (χ1) is 10.6. The smallest absolute Gasteiger partial charge is 0.291 e. The van der Waals surface area contributed by atoms with Gasteiger partial charge in [-0.25, -0.2) is 4.98 Å². The molecule has 0 unspecified atom stereocenters. The molecule has 1 aromatic heterocycles. The third-order valence-corrected chi connectivity index (χ3v) is 3.39. The van der Waals surface area contributed by atoms with Gasteiger partial charge in [0.05, 0.1) is 21.2 Å². The van der Waals surface area contributed by atoms with Crippen molar-refractivity contribution in [2.75, 3.05) is 39.6 Å². The zero-order chi connectivity index (χ0) is 15.9. The Labute approximate surface area is 131 Å². The fourth-order valence-electron chi connectivity index (χ4n) is 2.10. The van der Waals surface area contributed by atoms with Gasteiger partial charge in [-0.05, 0) is 36.4 Å². The Morgan fingerprint density at radius 1 is 1.18 bits per heavy atom. The minimum atomic E-state index is 0.617. The fourth-order valence-corrected chi connectivity index (χ4v) is 2.10. The Hall–Kier alpha value is -2.58. The van der Waals surface area contributed by atoms with Crippen molar-refractivity contribution in [1.82, 2.24) is 0 Å². The van der Waals surface area contributed by atoms with Crippen molar-refractivity contribution < 1.29 is 14.6 Å². The van der Waals surface area contributed by atoms with Gasteiger partial charge in [-0.15, -0.1) is 0 Å². The van der Waals surface area contributed by atoms with Gasteiger partial charge < -0.3 is 9.64 Å². The first kappa shape index (κ1) is 15.8. The first-order valence-electron chi connectivity index (χ1n) is 7.28. The normalized spacial score (nSPS) is 10.3. The molecule has 0 saturated heterocycles. The molecule has 0 amide bonds. The molecule has 0 radical (unpaired) electrons. The molecular weight excluding hydrogens is 276 g/mol. The third kappa shape index (κ3) is 3.96. The number of quaternary nitrogens is 1. The van der Waals surface area contributed by atoms with E-state index in [0.717, 1.165) is 35.9 Å². The van der Waals surface area contributed by atoms with E-state index >= 15 is 0 Å². The Kier molecular flexibility index (Phi) is 5.34. The number of aromatic nitrogens is 1. The standard InChI is InChI=1S/C17H20N4O/c1-21(2)11-10-19-17-14(12-18)6-9-16(20-17)13-4-7-15(22-3)8-5-13/h4-9H,10-11H2,1-3H3,(H,19,20)/p+2. The summed E-state index contributed by atoms with van der Waals surface area (Å²) in [5.41, 5.74) is 2.62. The maximum absolute atomic E-state index is 9.22. The number of nitriles is 1. The van der Waals surface area contributed by atoms with E-state index in [4.69, 9.17) is 4.74 Å². The van der Waals surface area contributed by atoms with E-state index in [1.807, 2.05) is 36.4 Å². The zero-order valence-corrected chi connectivity index (χ0v) is 13.2. The van der Waals surface area contributed by atoms with E-state index in [1.165, 1.54) is 4.90 Å². The lowest BCUT2D eigenvalue weighted by atomic mass is 10.1. The van der Waals surface area contributed by atoms with Crippen molar-refractivity contribution >= 4 is 5.82 Å². The second kappa shape index (κ2) is 7.43. The lowest BCUT2D eigenvalue weighted by Crippen LogP contribution is -3.06. The number of nitrogens with one attached hydrogen (secondary N) is 3. The topological polar surface area (TPSA) is 63.6 Å². The van der Waals surface area contributed by atoms with Crippen molar-refractivity contribution in [3.63, 3.8) is 0 Å². The molecule has 114 valence electrons. The number of likely N-dealkylation sites (N-methyl/N-ethyl adjacent to an activating group) is 1. The summed E-state index contributed by atoms with van der Waals surface area (Å²) in [5, 5.41) is 12.5. The van der Waals surface area contributed by atoms with E-state index in [9.17, 15) is 5.26 Å². The van der Waals surface area contributed by atoms with Crippen molar-refractivity contribution in [3.8, 4) is 23.1 Å². The molecule has 1 aromatic carbocycles. The van der Waals surface area contributed by atoms with Crippen LogP contribution in [0.15, 0.2) is 36.4 Å². The van der Waals surface area contributed by atoms with Gasteiger partial charge in [-0.3, -0.25) is 5.32 Å². The van der Waals surface area contributed by atoms with E-state index in [2.05, 4.69) is 30.5 Å². The van der Waals surface area contributed by atoms with Crippen molar-refractivity contribution in [1.29, 1.82) is 5.26 Å². The van der Waals surface area contributed by atoms with Gasteiger partial charge >= 0.3 is 0 Å². The molecule has 0 saturated carbocycles. The van der Waals surface area contributed by atoms with Crippen LogP contribution in [0.3, 0.4) is 0 Å². The molecule has 0 atom stereocenters. The van der Waals surface area contributed by atoms with Crippen LogP contribution >= 0.6 is 0 Å². The van der Waals surface area contributed by atoms with Gasteiger partial charge in [0, 0.05) is 5.56 Å². The molecule has 5 heteroatoms. The van der Waals surface area contributed by atoms with Crippen LogP contribution in [-0.4, -0.2) is 34.3 Å². The number of ether oxygens (including phenoxy) is 1. The number of nitrogens with zero attached hydrogens (tertiary/aromatic N) is 1. The average Bonchev–Trinajstić information content (AvgIpc) is 2.54. The lowest BCUT2D eigenvalue weighted by molar-refractivity contribution is -0.856. The average molecular weight is 298 g/mol. The minimum absolute atomic E-state index is 0.617. The predicted molar refractivity (Wildman–Crippen MR) is 85.9 cm³/mol. The number of aromatic amines is 1. The van der Waals surface area contributed by atoms with Gasteiger partial charge in [-0.1, -0.05) is 0 Å². The number of rotatable bonds is 6. The number of methoxy groups -OCH3 is 1. The number of hydrogen-bond acceptors (Lipinski definition) is 3.